The van der Waals surface area contributed by atoms with Gasteiger partial charge in [-0.15, -0.1) is 10.2 Å². The van der Waals surface area contributed by atoms with Crippen LogP contribution in [0, 0.1) is 5.92 Å². The molecule has 1 aromatic rings. The predicted octanol–water partition coefficient (Wildman–Crippen LogP) is 2.47. The molecule has 1 aliphatic heterocycles. The summed E-state index contributed by atoms with van der Waals surface area (Å²) in [5, 5.41) is 12.1. The summed E-state index contributed by atoms with van der Waals surface area (Å²) >= 11 is 6.87. The molecule has 0 bridgehead atoms. The highest BCUT2D eigenvalue weighted by Crippen LogP contribution is 2.25. The normalized spacial score (nSPS) is 22.1. The van der Waals surface area contributed by atoms with E-state index in [1.165, 1.54) is 17.9 Å². The molecule has 6 heteroatoms. The van der Waals surface area contributed by atoms with Gasteiger partial charge in [-0.3, -0.25) is 0 Å². The van der Waals surface area contributed by atoms with Gasteiger partial charge in [0, 0.05) is 6.54 Å². The third-order valence-electron chi connectivity index (χ3n) is 1.97. The number of thioether (sulfide) groups is 1. The second-order valence-corrected chi connectivity index (χ2v) is 6.37. The van der Waals surface area contributed by atoms with Crippen LogP contribution in [-0.4, -0.2) is 28.2 Å². The Morgan fingerprint density at radius 2 is 2.46 bits per heavy atom. The number of aromatic nitrogens is 2. The highest BCUT2D eigenvalue weighted by molar-refractivity contribution is 9.11. The molecular weight excluding hydrogens is 270 g/mol. The fourth-order valence-electron chi connectivity index (χ4n) is 1.25. The van der Waals surface area contributed by atoms with Crippen molar-refractivity contribution in [1.82, 2.24) is 10.2 Å². The average Bonchev–Trinajstić information content (AvgIpc) is 2.71. The van der Waals surface area contributed by atoms with Gasteiger partial charge in [0.2, 0.25) is 5.13 Å². The van der Waals surface area contributed by atoms with Crippen molar-refractivity contribution in [3.8, 4) is 0 Å². The van der Waals surface area contributed by atoms with Crippen LogP contribution in [0.1, 0.15) is 6.42 Å². The van der Waals surface area contributed by atoms with Gasteiger partial charge in [0.1, 0.15) is 0 Å². The number of halogens is 1. The Bertz CT molecular complexity index is 272. The third-order valence-corrected chi connectivity index (χ3v) is 4.51. The van der Waals surface area contributed by atoms with Crippen LogP contribution in [-0.2, 0) is 0 Å². The Morgan fingerprint density at radius 1 is 1.54 bits per heavy atom. The third kappa shape index (κ3) is 2.82. The molecule has 13 heavy (non-hydrogen) atoms. The van der Waals surface area contributed by atoms with Crippen molar-refractivity contribution in [2.45, 2.75) is 6.42 Å². The predicted molar refractivity (Wildman–Crippen MR) is 61.5 cm³/mol. The van der Waals surface area contributed by atoms with E-state index in [4.69, 9.17) is 0 Å². The van der Waals surface area contributed by atoms with Gasteiger partial charge in [0.05, 0.1) is 0 Å². The maximum atomic E-state index is 3.98. The summed E-state index contributed by atoms with van der Waals surface area (Å²) < 4.78 is 0.843. The van der Waals surface area contributed by atoms with Crippen LogP contribution in [0.2, 0.25) is 0 Å². The van der Waals surface area contributed by atoms with Crippen molar-refractivity contribution in [3.05, 3.63) is 3.92 Å². The van der Waals surface area contributed by atoms with Crippen molar-refractivity contribution >= 4 is 44.2 Å². The molecule has 0 spiro atoms. The van der Waals surface area contributed by atoms with Crippen LogP contribution < -0.4 is 5.32 Å². The Morgan fingerprint density at radius 3 is 3.08 bits per heavy atom. The monoisotopic (exact) mass is 279 g/mol. The molecule has 1 aliphatic rings. The van der Waals surface area contributed by atoms with Crippen molar-refractivity contribution in [2.24, 2.45) is 5.92 Å². The van der Waals surface area contributed by atoms with Crippen LogP contribution in [0.3, 0.4) is 0 Å². The van der Waals surface area contributed by atoms with E-state index >= 15 is 0 Å². The molecule has 1 fully saturated rings. The number of hydrogen-bond acceptors (Lipinski definition) is 5. The largest absolute Gasteiger partial charge is 0.360 e. The number of rotatable bonds is 3. The van der Waals surface area contributed by atoms with Gasteiger partial charge in [-0.2, -0.15) is 11.8 Å². The van der Waals surface area contributed by atoms with Gasteiger partial charge in [-0.05, 0) is 39.8 Å². The van der Waals surface area contributed by atoms with Gasteiger partial charge >= 0.3 is 0 Å². The first kappa shape index (κ1) is 9.73. The lowest BCUT2D eigenvalue weighted by molar-refractivity contribution is 0.631. The van der Waals surface area contributed by atoms with E-state index in [-0.39, 0.29) is 0 Å². The Balaban J connectivity index is 1.78. The van der Waals surface area contributed by atoms with Gasteiger partial charge in [-0.1, -0.05) is 11.3 Å². The summed E-state index contributed by atoms with van der Waals surface area (Å²) in [5.41, 5.74) is 0. The van der Waals surface area contributed by atoms with E-state index in [0.717, 1.165) is 21.5 Å². The summed E-state index contributed by atoms with van der Waals surface area (Å²) in [6.07, 6.45) is 1.33. The van der Waals surface area contributed by atoms with Crippen molar-refractivity contribution in [2.75, 3.05) is 23.4 Å². The SMILES string of the molecule is Brc1nnc(NCC2CCSC2)s1. The van der Waals surface area contributed by atoms with Gasteiger partial charge in [-0.25, -0.2) is 0 Å². The molecule has 0 saturated carbocycles. The molecule has 0 radical (unpaired) electrons. The lowest BCUT2D eigenvalue weighted by Gasteiger charge is -2.07. The van der Waals surface area contributed by atoms with Crippen molar-refractivity contribution in [1.29, 1.82) is 0 Å². The number of nitrogens with one attached hydrogen (secondary N) is 1. The summed E-state index contributed by atoms with van der Waals surface area (Å²) in [7, 11) is 0. The minimum Gasteiger partial charge on any atom is -0.360 e. The zero-order valence-electron chi connectivity index (χ0n) is 6.99. The first-order valence-corrected chi connectivity index (χ1v) is 6.91. The van der Waals surface area contributed by atoms with E-state index in [9.17, 15) is 0 Å². The Labute approximate surface area is 93.8 Å². The molecule has 0 aliphatic carbocycles. The summed E-state index contributed by atoms with van der Waals surface area (Å²) in [5.74, 6) is 3.41. The maximum Gasteiger partial charge on any atom is 0.206 e. The second kappa shape index (κ2) is 4.61. The van der Waals surface area contributed by atoms with Crippen LogP contribution in [0.5, 0.6) is 0 Å². The smallest absolute Gasteiger partial charge is 0.206 e. The molecule has 1 unspecified atom stereocenters. The van der Waals surface area contributed by atoms with E-state index < -0.39 is 0 Å². The molecule has 1 saturated heterocycles. The highest BCUT2D eigenvalue weighted by atomic mass is 79.9. The fraction of sp³-hybridized carbons (Fsp3) is 0.714. The molecule has 1 atom stereocenters. The molecule has 0 amide bonds. The van der Waals surface area contributed by atoms with Crippen LogP contribution in [0.25, 0.3) is 0 Å². The Hall–Kier alpha value is 0.190. The molecule has 3 nitrogen and oxygen atoms in total. The molecule has 2 heterocycles. The lowest BCUT2D eigenvalue weighted by Crippen LogP contribution is -2.13. The van der Waals surface area contributed by atoms with Gasteiger partial charge in [0.15, 0.2) is 3.92 Å². The summed E-state index contributed by atoms with van der Waals surface area (Å²) in [6, 6.07) is 0. The minimum atomic E-state index is 0.813. The Kier molecular flexibility index (Phi) is 3.45. The average molecular weight is 280 g/mol. The first-order chi connectivity index (χ1) is 6.34. The first-order valence-electron chi connectivity index (χ1n) is 4.15. The fourth-order valence-corrected chi connectivity index (χ4v) is 3.55. The molecule has 2 rings (SSSR count). The van der Waals surface area contributed by atoms with Crippen LogP contribution in [0.4, 0.5) is 5.13 Å². The second-order valence-electron chi connectivity index (χ2n) is 2.97. The topological polar surface area (TPSA) is 37.8 Å². The van der Waals surface area contributed by atoms with Crippen LogP contribution >= 0.6 is 39.0 Å². The number of anilines is 1. The summed E-state index contributed by atoms with van der Waals surface area (Å²) in [4.78, 5) is 0. The maximum absolute atomic E-state index is 3.98. The number of nitrogens with zero attached hydrogens (tertiary/aromatic N) is 2. The molecular formula is C7H10BrN3S2. The van der Waals surface area contributed by atoms with Gasteiger partial charge < -0.3 is 5.32 Å². The molecule has 1 aromatic heterocycles. The zero-order chi connectivity index (χ0) is 9.10. The molecule has 1 N–H and O–H groups in total. The van der Waals surface area contributed by atoms with E-state index in [1.54, 1.807) is 11.3 Å². The van der Waals surface area contributed by atoms with Crippen molar-refractivity contribution < 1.29 is 0 Å². The zero-order valence-corrected chi connectivity index (χ0v) is 10.2. The van der Waals surface area contributed by atoms with E-state index in [2.05, 4.69) is 31.4 Å². The molecule has 72 valence electrons. The van der Waals surface area contributed by atoms with E-state index in [1.807, 2.05) is 11.8 Å². The highest BCUT2D eigenvalue weighted by Gasteiger charge is 2.15. The van der Waals surface area contributed by atoms with Crippen LogP contribution in [0.15, 0.2) is 3.92 Å². The number of hydrogen-bond donors (Lipinski definition) is 1. The molecule has 0 aromatic carbocycles. The quantitative estimate of drug-likeness (QED) is 0.923. The van der Waals surface area contributed by atoms with E-state index in [0.29, 0.717) is 0 Å². The minimum absolute atomic E-state index is 0.813. The standard InChI is InChI=1S/C7H10BrN3S2/c8-6-10-11-7(13-6)9-3-5-1-2-12-4-5/h5H,1-4H2,(H,9,11). The summed E-state index contributed by atoms with van der Waals surface area (Å²) in [6.45, 7) is 1.04. The van der Waals surface area contributed by atoms with Crippen molar-refractivity contribution in [3.63, 3.8) is 0 Å². The lowest BCUT2D eigenvalue weighted by atomic mass is 10.1. The van der Waals surface area contributed by atoms with Gasteiger partial charge in [0.25, 0.3) is 0 Å².